The van der Waals surface area contributed by atoms with Gasteiger partial charge in [0.15, 0.2) is 0 Å². The first-order chi connectivity index (χ1) is 1.73. The molecule has 6 heteroatoms. The average molecular weight is 122 g/mol. The Labute approximate surface area is 56.2 Å². The molecule has 0 saturated carbocycles. The minimum Gasteiger partial charge on any atom is -1.00 e. The van der Waals surface area contributed by atoms with Gasteiger partial charge in [0.2, 0.25) is 0 Å². The second-order valence-corrected chi connectivity index (χ2v) is 0.224. The van der Waals surface area contributed by atoms with Gasteiger partial charge >= 0.3 is 23.1 Å². The van der Waals surface area contributed by atoms with Crippen LogP contribution < -0.4 is 12.4 Å². The summed E-state index contributed by atoms with van der Waals surface area (Å²) < 4.78 is 0. The van der Waals surface area contributed by atoms with Gasteiger partial charge in [-0.05, 0) is 0 Å². The Morgan fingerprint density at radius 1 is 1.33 bits per heavy atom. The van der Waals surface area contributed by atoms with Crippen molar-refractivity contribution in [1.82, 2.24) is 0 Å². The van der Waals surface area contributed by atoms with Crippen LogP contribution in [0.25, 0.3) is 0 Å². The third-order valence-corrected chi connectivity index (χ3v) is 0. The molecule has 32 valence electrons. The maximum Gasteiger partial charge on any atom is 2.00 e. The fourth-order valence-electron chi connectivity index (χ4n) is 0. The minimum atomic E-state index is -1.75. The Kier molecular flexibility index (Phi) is 24.4. The van der Waals surface area contributed by atoms with Crippen molar-refractivity contribution in [2.45, 2.75) is 0 Å². The van der Waals surface area contributed by atoms with Crippen molar-refractivity contribution < 1.29 is 17.5 Å². The molecule has 0 aromatic heterocycles. The van der Waals surface area contributed by atoms with Crippen molar-refractivity contribution in [3.05, 3.63) is 15.3 Å². The zero-order valence-corrected chi connectivity index (χ0v) is 4.93. The Balaban J connectivity index is -0.0000000450. The van der Waals surface area contributed by atoms with Crippen LogP contribution in [0.1, 0.15) is 0 Å². The van der Waals surface area contributed by atoms with Gasteiger partial charge < -0.3 is 27.7 Å². The summed E-state index contributed by atoms with van der Waals surface area (Å²) in [6.07, 6.45) is 0. The molecule has 6 heavy (non-hydrogen) atoms. The number of hydrogen-bond donors (Lipinski definition) is 0. The van der Waals surface area contributed by atoms with Crippen molar-refractivity contribution in [3.63, 3.8) is 0 Å². The first-order valence-electron chi connectivity index (χ1n) is 0.548. The zero-order chi connectivity index (χ0) is 3.58. The van der Waals surface area contributed by atoms with E-state index in [1.807, 2.05) is 0 Å². The van der Waals surface area contributed by atoms with Crippen molar-refractivity contribution in [2.75, 3.05) is 0 Å². The van der Waals surface area contributed by atoms with E-state index in [-0.39, 0.29) is 35.5 Å². The Morgan fingerprint density at radius 2 is 1.33 bits per heavy atom. The van der Waals surface area contributed by atoms with Crippen molar-refractivity contribution in [3.8, 4) is 0 Å². The molecule has 0 saturated heterocycles. The molecule has 0 aromatic rings. The third-order valence-electron chi connectivity index (χ3n) is 0. The Morgan fingerprint density at radius 3 is 1.33 bits per heavy atom. The van der Waals surface area contributed by atoms with Gasteiger partial charge in [-0.25, -0.2) is 0 Å². The smallest absolute Gasteiger partial charge is 1.00 e. The van der Waals surface area contributed by atoms with E-state index in [2.05, 4.69) is 0 Å². The van der Waals surface area contributed by atoms with Crippen molar-refractivity contribution >= 4 is 23.1 Å². The molecule has 0 heterocycles. The second kappa shape index (κ2) is 8.98. The van der Waals surface area contributed by atoms with Gasteiger partial charge in [-0.15, -0.1) is 0 Å². The van der Waals surface area contributed by atoms with E-state index >= 15 is 0 Å². The SMILES string of the molecule is O=[N+]([O-])[O-].[Cl-].[Mg+2]. The summed E-state index contributed by atoms with van der Waals surface area (Å²) in [5.41, 5.74) is 0. The van der Waals surface area contributed by atoms with Crippen molar-refractivity contribution in [2.24, 2.45) is 0 Å². The molecule has 0 N–H and O–H groups in total. The van der Waals surface area contributed by atoms with Gasteiger partial charge in [0.05, 0.1) is 5.09 Å². The molecular weight excluding hydrogens is 122 g/mol. The number of halogens is 1. The van der Waals surface area contributed by atoms with Gasteiger partial charge in [-0.1, -0.05) is 0 Å². The fraction of sp³-hybridized carbons (Fsp3) is 0. The largest absolute Gasteiger partial charge is 2.00 e. The molecule has 0 bridgehead atoms. The normalized spacial score (nSPS) is 4.00. The van der Waals surface area contributed by atoms with E-state index in [4.69, 9.17) is 15.3 Å². The molecule has 0 unspecified atom stereocenters. The van der Waals surface area contributed by atoms with Crippen LogP contribution in [-0.2, 0) is 0 Å². The third kappa shape index (κ3) is 687. The molecule has 0 radical (unpaired) electrons. The fourth-order valence-corrected chi connectivity index (χ4v) is 0. The summed E-state index contributed by atoms with van der Waals surface area (Å²) in [5, 5.41) is 14.8. The standard InChI is InChI=1S/ClH.Mg.NO3/c;;2-1(3)4/h1H;;/q;+2;-1/p-1. The summed E-state index contributed by atoms with van der Waals surface area (Å²) in [4.78, 5) is 8.25. The van der Waals surface area contributed by atoms with E-state index in [0.717, 1.165) is 0 Å². The van der Waals surface area contributed by atoms with Gasteiger partial charge in [0.1, 0.15) is 0 Å². The molecule has 0 amide bonds. The summed E-state index contributed by atoms with van der Waals surface area (Å²) in [5.74, 6) is 0. The molecule has 0 spiro atoms. The summed E-state index contributed by atoms with van der Waals surface area (Å²) in [6, 6.07) is 0. The maximum atomic E-state index is 8.25. The maximum absolute atomic E-state index is 8.25. The van der Waals surface area contributed by atoms with Crippen LogP contribution in [0.5, 0.6) is 0 Å². The average Bonchev–Trinajstić information content (AvgIpc) is 0.811. The van der Waals surface area contributed by atoms with Crippen LogP contribution in [0.15, 0.2) is 0 Å². The van der Waals surface area contributed by atoms with Gasteiger partial charge in [0.25, 0.3) is 0 Å². The topological polar surface area (TPSA) is 66.2 Å². The van der Waals surface area contributed by atoms with Gasteiger partial charge in [0, 0.05) is 0 Å². The van der Waals surface area contributed by atoms with E-state index < -0.39 is 5.09 Å². The molecule has 0 aliphatic rings. The van der Waals surface area contributed by atoms with Gasteiger partial charge in [-0.2, -0.15) is 0 Å². The van der Waals surface area contributed by atoms with E-state index in [1.54, 1.807) is 0 Å². The summed E-state index contributed by atoms with van der Waals surface area (Å²) in [7, 11) is 0. The van der Waals surface area contributed by atoms with Crippen LogP contribution in [-0.4, -0.2) is 28.1 Å². The predicted octanol–water partition coefficient (Wildman–Crippen LogP) is -3.62. The summed E-state index contributed by atoms with van der Waals surface area (Å²) >= 11 is 0. The minimum absolute atomic E-state index is 0. The molecule has 0 fully saturated rings. The Hall–Kier alpha value is 0.256. The van der Waals surface area contributed by atoms with E-state index in [9.17, 15) is 0 Å². The Bertz CT molecular complexity index is 33.8. The number of nitrogens with zero attached hydrogens (tertiary/aromatic N) is 1. The van der Waals surface area contributed by atoms with Crippen LogP contribution in [0.4, 0.5) is 0 Å². The predicted molar refractivity (Wildman–Crippen MR) is 16.1 cm³/mol. The first kappa shape index (κ1) is 16.3. The molecular formula is ClMgNO3. The quantitative estimate of drug-likeness (QED) is 0.189. The van der Waals surface area contributed by atoms with E-state index in [1.165, 1.54) is 0 Å². The van der Waals surface area contributed by atoms with Gasteiger partial charge in [-0.3, -0.25) is 0 Å². The van der Waals surface area contributed by atoms with Crippen LogP contribution in [0.2, 0.25) is 0 Å². The summed E-state index contributed by atoms with van der Waals surface area (Å²) in [6.45, 7) is 0. The second-order valence-electron chi connectivity index (χ2n) is 0.224. The monoisotopic (exact) mass is 121 g/mol. The molecule has 0 aliphatic heterocycles. The van der Waals surface area contributed by atoms with Crippen molar-refractivity contribution in [1.29, 1.82) is 0 Å². The first-order valence-corrected chi connectivity index (χ1v) is 0.548. The molecule has 4 nitrogen and oxygen atoms in total. The van der Waals surface area contributed by atoms with E-state index in [0.29, 0.717) is 0 Å². The van der Waals surface area contributed by atoms with Crippen LogP contribution in [0.3, 0.4) is 0 Å². The zero-order valence-electron chi connectivity index (χ0n) is 2.76. The number of hydrogen-bond acceptors (Lipinski definition) is 3. The molecule has 0 atom stereocenters. The molecule has 0 aromatic carbocycles. The number of rotatable bonds is 0. The molecule has 0 rings (SSSR count). The van der Waals surface area contributed by atoms with Crippen LogP contribution >= 0.6 is 0 Å². The van der Waals surface area contributed by atoms with Crippen LogP contribution in [0, 0.1) is 15.3 Å². The molecule has 0 aliphatic carbocycles.